The highest BCUT2D eigenvalue weighted by Gasteiger charge is 2.35. The van der Waals surface area contributed by atoms with Gasteiger partial charge in [0.15, 0.2) is 0 Å². The van der Waals surface area contributed by atoms with E-state index in [9.17, 15) is 0 Å². The van der Waals surface area contributed by atoms with Crippen LogP contribution in [0.5, 0.6) is 5.75 Å². The molecule has 1 atom stereocenters. The van der Waals surface area contributed by atoms with Crippen molar-refractivity contribution >= 4 is 15.9 Å². The summed E-state index contributed by atoms with van der Waals surface area (Å²) in [6.45, 7) is 5.14. The Labute approximate surface area is 131 Å². The van der Waals surface area contributed by atoms with E-state index in [-0.39, 0.29) is 0 Å². The topological polar surface area (TPSA) is 21.3 Å². The molecular weight excluding hydrogens is 314 g/mol. The van der Waals surface area contributed by atoms with Gasteiger partial charge in [-0.15, -0.1) is 0 Å². The van der Waals surface area contributed by atoms with Crippen molar-refractivity contribution in [2.24, 2.45) is 5.41 Å². The van der Waals surface area contributed by atoms with Gasteiger partial charge in [0.05, 0.1) is 11.1 Å². The van der Waals surface area contributed by atoms with Crippen molar-refractivity contribution in [2.45, 2.75) is 52.0 Å². The minimum atomic E-state index is 0.361. The first-order chi connectivity index (χ1) is 9.60. The van der Waals surface area contributed by atoms with E-state index in [0.717, 1.165) is 10.2 Å². The number of hydrogen-bond donors (Lipinski definition) is 1. The highest BCUT2D eigenvalue weighted by atomic mass is 79.9. The van der Waals surface area contributed by atoms with Crippen LogP contribution in [0.3, 0.4) is 0 Å². The zero-order chi connectivity index (χ0) is 14.6. The van der Waals surface area contributed by atoms with E-state index in [0.29, 0.717) is 18.1 Å². The fourth-order valence-corrected chi connectivity index (χ4v) is 4.05. The molecule has 0 heterocycles. The van der Waals surface area contributed by atoms with Crippen LogP contribution in [-0.4, -0.2) is 13.7 Å². The van der Waals surface area contributed by atoms with Gasteiger partial charge in [0.25, 0.3) is 0 Å². The molecule has 1 saturated carbocycles. The van der Waals surface area contributed by atoms with Crippen LogP contribution in [0.2, 0.25) is 0 Å². The van der Waals surface area contributed by atoms with E-state index in [1.54, 1.807) is 0 Å². The fraction of sp³-hybridized carbons (Fsp3) is 0.647. The van der Waals surface area contributed by atoms with Gasteiger partial charge in [0.1, 0.15) is 5.75 Å². The third-order valence-electron chi connectivity index (χ3n) is 4.57. The van der Waals surface area contributed by atoms with Gasteiger partial charge >= 0.3 is 0 Å². The van der Waals surface area contributed by atoms with Crippen molar-refractivity contribution in [1.82, 2.24) is 5.32 Å². The van der Waals surface area contributed by atoms with E-state index in [1.807, 2.05) is 6.92 Å². The van der Waals surface area contributed by atoms with Gasteiger partial charge in [0, 0.05) is 6.04 Å². The van der Waals surface area contributed by atoms with Gasteiger partial charge in [-0.05, 0) is 65.9 Å². The number of nitrogens with one attached hydrogen (secondary N) is 1. The normalized spacial score (nSPS) is 19.6. The number of halogens is 1. The van der Waals surface area contributed by atoms with Crippen LogP contribution >= 0.6 is 15.9 Å². The standard InChI is InChI=1S/C17H26BrNO/c1-4-20-15-9-8-13(12-14(15)18)16(19-3)17(2)10-6-5-7-11-17/h8-9,12,16,19H,4-7,10-11H2,1-3H3. The molecule has 1 aliphatic carbocycles. The Morgan fingerprint density at radius 2 is 2.00 bits per heavy atom. The third-order valence-corrected chi connectivity index (χ3v) is 5.19. The molecule has 0 saturated heterocycles. The minimum absolute atomic E-state index is 0.361. The van der Waals surface area contributed by atoms with Crippen LogP contribution in [0.1, 0.15) is 57.6 Å². The molecule has 0 spiro atoms. The molecule has 2 nitrogen and oxygen atoms in total. The van der Waals surface area contributed by atoms with Crippen molar-refractivity contribution in [3.05, 3.63) is 28.2 Å². The molecule has 0 radical (unpaired) electrons. The monoisotopic (exact) mass is 339 g/mol. The molecule has 112 valence electrons. The quantitative estimate of drug-likeness (QED) is 0.807. The maximum Gasteiger partial charge on any atom is 0.133 e. The van der Waals surface area contributed by atoms with Crippen molar-refractivity contribution in [3.63, 3.8) is 0 Å². The Hall–Kier alpha value is -0.540. The van der Waals surface area contributed by atoms with Gasteiger partial charge in [-0.3, -0.25) is 0 Å². The molecule has 0 aliphatic heterocycles. The van der Waals surface area contributed by atoms with E-state index >= 15 is 0 Å². The SMILES string of the molecule is CCOc1ccc(C(NC)C2(C)CCCCC2)cc1Br. The van der Waals surface area contributed by atoms with Gasteiger partial charge in [-0.2, -0.15) is 0 Å². The summed E-state index contributed by atoms with van der Waals surface area (Å²) in [5, 5.41) is 3.55. The second kappa shape index (κ2) is 6.95. The van der Waals surface area contributed by atoms with E-state index < -0.39 is 0 Å². The molecule has 1 aromatic carbocycles. The predicted molar refractivity (Wildman–Crippen MR) is 88.3 cm³/mol. The van der Waals surface area contributed by atoms with Crippen molar-refractivity contribution in [3.8, 4) is 5.75 Å². The predicted octanol–water partition coefficient (Wildman–Crippen LogP) is 5.08. The number of ether oxygens (including phenoxy) is 1. The van der Waals surface area contributed by atoms with Crippen LogP contribution in [0.25, 0.3) is 0 Å². The van der Waals surface area contributed by atoms with Crippen LogP contribution in [-0.2, 0) is 0 Å². The summed E-state index contributed by atoms with van der Waals surface area (Å²) in [5.41, 5.74) is 1.71. The lowest BCUT2D eigenvalue weighted by Gasteiger charge is -2.41. The largest absolute Gasteiger partial charge is 0.493 e. The first-order valence-electron chi connectivity index (χ1n) is 7.70. The van der Waals surface area contributed by atoms with E-state index in [2.05, 4.69) is 53.4 Å². The lowest BCUT2D eigenvalue weighted by molar-refractivity contribution is 0.150. The van der Waals surface area contributed by atoms with Crippen LogP contribution < -0.4 is 10.1 Å². The lowest BCUT2D eigenvalue weighted by atomic mass is 9.68. The second-order valence-electron chi connectivity index (χ2n) is 6.06. The van der Waals surface area contributed by atoms with Gasteiger partial charge in [0.2, 0.25) is 0 Å². The number of benzene rings is 1. The smallest absolute Gasteiger partial charge is 0.133 e. The maximum absolute atomic E-state index is 5.61. The lowest BCUT2D eigenvalue weighted by Crippen LogP contribution is -2.36. The summed E-state index contributed by atoms with van der Waals surface area (Å²) in [7, 11) is 2.08. The molecule has 1 aliphatic rings. The van der Waals surface area contributed by atoms with E-state index in [4.69, 9.17) is 4.74 Å². The van der Waals surface area contributed by atoms with Crippen LogP contribution in [0.4, 0.5) is 0 Å². The van der Waals surface area contributed by atoms with Gasteiger partial charge in [-0.25, -0.2) is 0 Å². The summed E-state index contributed by atoms with van der Waals surface area (Å²) in [4.78, 5) is 0. The molecule has 3 heteroatoms. The molecule has 1 aromatic rings. The first kappa shape index (κ1) is 15.8. The first-order valence-corrected chi connectivity index (χ1v) is 8.49. The Balaban J connectivity index is 2.25. The van der Waals surface area contributed by atoms with Crippen molar-refractivity contribution < 1.29 is 4.74 Å². The fourth-order valence-electron chi connectivity index (χ4n) is 3.53. The van der Waals surface area contributed by atoms with Gasteiger partial charge in [-0.1, -0.05) is 32.3 Å². The molecule has 0 aromatic heterocycles. The second-order valence-corrected chi connectivity index (χ2v) is 6.91. The molecule has 20 heavy (non-hydrogen) atoms. The summed E-state index contributed by atoms with van der Waals surface area (Å²) in [5.74, 6) is 0.930. The Kier molecular flexibility index (Phi) is 5.50. The number of hydrogen-bond acceptors (Lipinski definition) is 2. The Morgan fingerprint density at radius 1 is 1.30 bits per heavy atom. The van der Waals surface area contributed by atoms with Gasteiger partial charge < -0.3 is 10.1 Å². The minimum Gasteiger partial charge on any atom is -0.493 e. The third kappa shape index (κ3) is 3.37. The summed E-state index contributed by atoms with van der Waals surface area (Å²) >= 11 is 3.63. The maximum atomic E-state index is 5.61. The van der Waals surface area contributed by atoms with Crippen LogP contribution in [0.15, 0.2) is 22.7 Å². The zero-order valence-electron chi connectivity index (χ0n) is 12.8. The molecule has 2 rings (SSSR count). The molecule has 0 bridgehead atoms. The Bertz CT molecular complexity index is 441. The molecular formula is C17H26BrNO. The highest BCUT2D eigenvalue weighted by molar-refractivity contribution is 9.10. The van der Waals surface area contributed by atoms with Crippen LogP contribution in [0, 0.1) is 5.41 Å². The average Bonchev–Trinajstić information content (AvgIpc) is 2.43. The zero-order valence-corrected chi connectivity index (χ0v) is 14.4. The molecule has 0 amide bonds. The highest BCUT2D eigenvalue weighted by Crippen LogP contribution is 2.46. The van der Waals surface area contributed by atoms with Crippen molar-refractivity contribution in [1.29, 1.82) is 0 Å². The molecule has 1 unspecified atom stereocenters. The van der Waals surface area contributed by atoms with Crippen molar-refractivity contribution in [2.75, 3.05) is 13.7 Å². The summed E-state index contributed by atoms with van der Waals surface area (Å²) in [6, 6.07) is 6.91. The number of rotatable bonds is 5. The average molecular weight is 340 g/mol. The molecule has 1 N–H and O–H groups in total. The summed E-state index contributed by atoms with van der Waals surface area (Å²) in [6.07, 6.45) is 6.71. The molecule has 1 fully saturated rings. The van der Waals surface area contributed by atoms with E-state index in [1.165, 1.54) is 37.7 Å². The Morgan fingerprint density at radius 3 is 2.55 bits per heavy atom. The summed E-state index contributed by atoms with van der Waals surface area (Å²) < 4.78 is 6.66.